The number of ketones is 2. The van der Waals surface area contributed by atoms with E-state index >= 15 is 0 Å². The van der Waals surface area contributed by atoms with Crippen molar-refractivity contribution < 1.29 is 14.4 Å². The summed E-state index contributed by atoms with van der Waals surface area (Å²) in [5.74, 6) is -0.652. The van der Waals surface area contributed by atoms with Gasteiger partial charge in [0.25, 0.3) is 0 Å². The molecule has 96 valence electrons. The minimum Gasteiger partial charge on any atom is -0.289 e. The lowest BCUT2D eigenvalue weighted by atomic mass is 9.83. The quantitative estimate of drug-likeness (QED) is 0.509. The van der Waals surface area contributed by atoms with E-state index in [2.05, 4.69) is 4.99 Å². The third-order valence-corrected chi connectivity index (χ3v) is 3.48. The molecule has 0 spiro atoms. The minimum absolute atomic E-state index is 0.00739. The maximum absolute atomic E-state index is 12.5. The molecule has 0 N–H and O–H groups in total. The van der Waals surface area contributed by atoms with Gasteiger partial charge in [-0.05, 0) is 12.1 Å². The summed E-state index contributed by atoms with van der Waals surface area (Å²) in [7, 11) is 0. The van der Waals surface area contributed by atoms with Gasteiger partial charge in [-0.1, -0.05) is 35.9 Å². The monoisotopic (exact) mass is 283 g/mol. The van der Waals surface area contributed by atoms with E-state index in [0.717, 1.165) is 0 Å². The van der Waals surface area contributed by atoms with E-state index in [-0.39, 0.29) is 39.0 Å². The molecule has 4 nitrogen and oxygen atoms in total. The maximum atomic E-state index is 12.5. The molecule has 0 fully saturated rings. The van der Waals surface area contributed by atoms with Crippen molar-refractivity contribution in [1.29, 1.82) is 0 Å². The number of aliphatic imine (C=N–C) groups is 1. The Bertz CT molecular complexity index is 820. The Balaban J connectivity index is 2.39. The Morgan fingerprint density at radius 2 is 1.55 bits per heavy atom. The Labute approximate surface area is 118 Å². The number of hydrogen-bond acceptors (Lipinski definition) is 4. The summed E-state index contributed by atoms with van der Waals surface area (Å²) >= 11 is 5.94. The van der Waals surface area contributed by atoms with E-state index in [1.165, 1.54) is 18.2 Å². The van der Waals surface area contributed by atoms with Crippen LogP contribution in [-0.2, 0) is 4.79 Å². The van der Waals surface area contributed by atoms with Crippen LogP contribution in [0.25, 0.3) is 0 Å². The maximum Gasteiger partial charge on any atom is 0.240 e. The number of carbonyl (C=O) groups excluding carboxylic acids is 3. The number of rotatable bonds is 1. The van der Waals surface area contributed by atoms with Gasteiger partial charge >= 0.3 is 0 Å². The second kappa shape index (κ2) is 4.53. The molecule has 2 aromatic carbocycles. The molecule has 2 aromatic rings. The van der Waals surface area contributed by atoms with Gasteiger partial charge in [-0.15, -0.1) is 0 Å². The fourth-order valence-electron chi connectivity index (χ4n) is 2.30. The zero-order chi connectivity index (χ0) is 14.3. The van der Waals surface area contributed by atoms with Gasteiger partial charge in [-0.3, -0.25) is 9.59 Å². The van der Waals surface area contributed by atoms with Gasteiger partial charge in [0, 0.05) is 16.7 Å². The van der Waals surface area contributed by atoms with Crippen LogP contribution < -0.4 is 0 Å². The van der Waals surface area contributed by atoms with Crippen LogP contribution in [-0.4, -0.2) is 17.6 Å². The van der Waals surface area contributed by atoms with Crippen LogP contribution in [0, 0.1) is 0 Å². The molecule has 0 aromatic heterocycles. The number of carbonyl (C=O) groups is 2. The average molecular weight is 284 g/mol. The molecule has 1 aliphatic carbocycles. The zero-order valence-electron chi connectivity index (χ0n) is 10.0. The highest BCUT2D eigenvalue weighted by Gasteiger charge is 2.32. The second-order valence-electron chi connectivity index (χ2n) is 4.23. The van der Waals surface area contributed by atoms with Gasteiger partial charge in [0.05, 0.1) is 10.6 Å². The van der Waals surface area contributed by atoms with E-state index in [1.54, 1.807) is 24.3 Å². The Morgan fingerprint density at radius 3 is 2.20 bits per heavy atom. The first-order valence-corrected chi connectivity index (χ1v) is 6.11. The van der Waals surface area contributed by atoms with Gasteiger partial charge in [0.2, 0.25) is 6.08 Å². The molecule has 0 aliphatic heterocycles. The SMILES string of the molecule is O=C=Nc1c(Cl)ccc2c1C(=O)c1ccccc1C2=O. The molecule has 0 amide bonds. The van der Waals surface area contributed by atoms with Crippen molar-refractivity contribution in [3.8, 4) is 0 Å². The first-order valence-electron chi connectivity index (χ1n) is 5.74. The van der Waals surface area contributed by atoms with E-state index in [1.807, 2.05) is 0 Å². The molecule has 0 atom stereocenters. The van der Waals surface area contributed by atoms with Crippen LogP contribution in [0.2, 0.25) is 5.02 Å². The van der Waals surface area contributed by atoms with E-state index in [0.29, 0.717) is 5.56 Å². The summed E-state index contributed by atoms with van der Waals surface area (Å²) in [6.07, 6.45) is 1.36. The molecular formula is C15H6ClNO3. The molecule has 0 radical (unpaired) electrons. The fraction of sp³-hybridized carbons (Fsp3) is 0. The summed E-state index contributed by atoms with van der Waals surface area (Å²) in [5, 5.41) is 0.132. The van der Waals surface area contributed by atoms with Crippen molar-refractivity contribution in [3.05, 3.63) is 63.7 Å². The Kier molecular flexibility index (Phi) is 2.83. The Morgan fingerprint density at radius 1 is 0.900 bits per heavy atom. The van der Waals surface area contributed by atoms with Crippen LogP contribution >= 0.6 is 11.6 Å². The lowest BCUT2D eigenvalue weighted by Crippen LogP contribution is -2.20. The first-order chi connectivity index (χ1) is 9.65. The van der Waals surface area contributed by atoms with Crippen molar-refractivity contribution in [1.82, 2.24) is 0 Å². The molecule has 0 saturated carbocycles. The molecule has 20 heavy (non-hydrogen) atoms. The van der Waals surface area contributed by atoms with Crippen molar-refractivity contribution in [3.63, 3.8) is 0 Å². The van der Waals surface area contributed by atoms with Crippen molar-refractivity contribution in [2.45, 2.75) is 0 Å². The number of halogens is 1. The summed E-state index contributed by atoms with van der Waals surface area (Å²) < 4.78 is 0. The molecule has 0 unspecified atom stereocenters. The molecule has 5 heteroatoms. The van der Waals surface area contributed by atoms with E-state index < -0.39 is 0 Å². The number of fused-ring (bicyclic) bond motifs is 2. The third kappa shape index (κ3) is 1.63. The minimum atomic E-state index is -0.369. The number of isocyanates is 1. The standard InChI is InChI=1S/C15H6ClNO3/c16-11-6-5-10-12(13(11)17-7-18)15(20)9-4-2-1-3-8(9)14(10)19/h1-6H. The van der Waals surface area contributed by atoms with Crippen molar-refractivity contribution in [2.24, 2.45) is 4.99 Å². The summed E-state index contributed by atoms with van der Waals surface area (Å²) in [4.78, 5) is 38.9. The van der Waals surface area contributed by atoms with E-state index in [4.69, 9.17) is 11.6 Å². The molecular weight excluding hydrogens is 278 g/mol. The fourth-order valence-corrected chi connectivity index (χ4v) is 2.50. The van der Waals surface area contributed by atoms with Crippen LogP contribution in [0.5, 0.6) is 0 Å². The predicted octanol–water partition coefficient (Wildman–Crippen LogP) is 3.08. The summed E-state index contributed by atoms with van der Waals surface area (Å²) in [5.41, 5.74) is 0.881. The van der Waals surface area contributed by atoms with Gasteiger partial charge in [0.15, 0.2) is 11.6 Å². The van der Waals surface area contributed by atoms with Gasteiger partial charge in [-0.2, -0.15) is 4.99 Å². The summed E-state index contributed by atoms with van der Waals surface area (Å²) in [6, 6.07) is 9.43. The second-order valence-corrected chi connectivity index (χ2v) is 4.63. The highest BCUT2D eigenvalue weighted by atomic mass is 35.5. The highest BCUT2D eigenvalue weighted by molar-refractivity contribution is 6.37. The average Bonchev–Trinajstić information content (AvgIpc) is 2.47. The third-order valence-electron chi connectivity index (χ3n) is 3.17. The smallest absolute Gasteiger partial charge is 0.240 e. The molecule has 0 bridgehead atoms. The van der Waals surface area contributed by atoms with Gasteiger partial charge in [0.1, 0.15) is 5.69 Å². The van der Waals surface area contributed by atoms with E-state index in [9.17, 15) is 14.4 Å². The van der Waals surface area contributed by atoms with Crippen molar-refractivity contribution in [2.75, 3.05) is 0 Å². The zero-order valence-corrected chi connectivity index (χ0v) is 10.8. The van der Waals surface area contributed by atoms with Crippen LogP contribution in [0.15, 0.2) is 41.4 Å². The number of hydrogen-bond donors (Lipinski definition) is 0. The molecule has 3 rings (SSSR count). The summed E-state index contributed by atoms with van der Waals surface area (Å²) in [6.45, 7) is 0. The van der Waals surface area contributed by atoms with Crippen molar-refractivity contribution >= 4 is 34.9 Å². The lowest BCUT2D eigenvalue weighted by Gasteiger charge is -2.18. The van der Waals surface area contributed by atoms with Gasteiger partial charge in [-0.25, -0.2) is 4.79 Å². The van der Waals surface area contributed by atoms with Crippen LogP contribution in [0.1, 0.15) is 31.8 Å². The van der Waals surface area contributed by atoms with Gasteiger partial charge < -0.3 is 0 Å². The largest absolute Gasteiger partial charge is 0.289 e. The number of benzene rings is 2. The topological polar surface area (TPSA) is 63.6 Å². The predicted molar refractivity (Wildman–Crippen MR) is 72.5 cm³/mol. The van der Waals surface area contributed by atoms with Crippen LogP contribution in [0.4, 0.5) is 5.69 Å². The normalized spacial score (nSPS) is 12.4. The first kappa shape index (κ1) is 12.5. The Hall–Kier alpha value is -2.55. The highest BCUT2D eigenvalue weighted by Crippen LogP contribution is 2.37. The molecule has 0 heterocycles. The number of nitrogens with zero attached hydrogens (tertiary/aromatic N) is 1. The molecule has 1 aliphatic rings. The molecule has 0 saturated heterocycles. The lowest BCUT2D eigenvalue weighted by molar-refractivity contribution is 0.0979. The van der Waals surface area contributed by atoms with Crippen LogP contribution in [0.3, 0.4) is 0 Å².